The molecular weight excluding hydrogens is 326 g/mol. The minimum absolute atomic E-state index is 0.140. The molecule has 0 saturated heterocycles. The average molecular weight is 348 g/mol. The van der Waals surface area contributed by atoms with Gasteiger partial charge in [0.15, 0.2) is 5.11 Å². The molecule has 3 nitrogen and oxygen atoms in total. The van der Waals surface area contributed by atoms with Crippen LogP contribution in [0.1, 0.15) is 17.2 Å². The molecule has 2 N–H and O–H groups in total. The Balaban J connectivity index is 1.97. The Labute approximate surface area is 148 Å². The number of anilines is 1. The summed E-state index contributed by atoms with van der Waals surface area (Å²) in [6, 6.07) is 16.2. The largest absolute Gasteiger partial charge is 0.361 e. The maximum absolute atomic E-state index is 6.32. The van der Waals surface area contributed by atoms with Crippen LogP contribution in [0.2, 0.25) is 5.02 Å². The van der Waals surface area contributed by atoms with Gasteiger partial charge in [0, 0.05) is 17.3 Å². The number of likely N-dealkylation sites (N-methyl/N-ethyl adjacent to an activating group) is 1. The van der Waals surface area contributed by atoms with E-state index < -0.39 is 0 Å². The van der Waals surface area contributed by atoms with Crippen LogP contribution in [0, 0.1) is 6.92 Å². The van der Waals surface area contributed by atoms with Crippen LogP contribution in [-0.4, -0.2) is 30.7 Å². The van der Waals surface area contributed by atoms with Crippen molar-refractivity contribution in [2.75, 3.05) is 26.0 Å². The van der Waals surface area contributed by atoms with Crippen molar-refractivity contribution in [3.05, 3.63) is 64.7 Å². The fraction of sp³-hybridized carbons (Fsp3) is 0.278. The van der Waals surface area contributed by atoms with Crippen LogP contribution in [0.5, 0.6) is 0 Å². The van der Waals surface area contributed by atoms with Gasteiger partial charge in [-0.3, -0.25) is 0 Å². The Morgan fingerprint density at radius 3 is 2.39 bits per heavy atom. The van der Waals surface area contributed by atoms with Crippen molar-refractivity contribution in [3.63, 3.8) is 0 Å². The van der Waals surface area contributed by atoms with Gasteiger partial charge in [-0.25, -0.2) is 0 Å². The van der Waals surface area contributed by atoms with Crippen LogP contribution in [0.3, 0.4) is 0 Å². The molecule has 0 unspecified atom stereocenters. The summed E-state index contributed by atoms with van der Waals surface area (Å²) >= 11 is 11.7. The highest BCUT2D eigenvalue weighted by Gasteiger charge is 2.17. The van der Waals surface area contributed by atoms with Crippen LogP contribution < -0.4 is 10.6 Å². The van der Waals surface area contributed by atoms with Gasteiger partial charge < -0.3 is 15.5 Å². The van der Waals surface area contributed by atoms with Crippen LogP contribution in [0.4, 0.5) is 5.69 Å². The van der Waals surface area contributed by atoms with E-state index in [9.17, 15) is 0 Å². The highest BCUT2D eigenvalue weighted by atomic mass is 35.5. The predicted molar refractivity (Wildman–Crippen MR) is 103 cm³/mol. The summed E-state index contributed by atoms with van der Waals surface area (Å²) in [6.07, 6.45) is 0. The second-order valence-corrected chi connectivity index (χ2v) is 6.52. The van der Waals surface area contributed by atoms with Crippen LogP contribution in [-0.2, 0) is 0 Å². The number of aryl methyl sites for hydroxylation is 1. The number of hydrogen-bond donors (Lipinski definition) is 2. The smallest absolute Gasteiger partial charge is 0.170 e. The third kappa shape index (κ3) is 5.20. The van der Waals surface area contributed by atoms with Crippen molar-refractivity contribution in [2.24, 2.45) is 0 Å². The zero-order valence-corrected chi connectivity index (χ0v) is 15.2. The molecule has 0 saturated carbocycles. The Morgan fingerprint density at radius 1 is 1.13 bits per heavy atom. The number of halogens is 1. The fourth-order valence-corrected chi connectivity index (χ4v) is 2.78. The van der Waals surface area contributed by atoms with Crippen molar-refractivity contribution < 1.29 is 0 Å². The van der Waals surface area contributed by atoms with E-state index in [1.54, 1.807) is 0 Å². The monoisotopic (exact) mass is 347 g/mol. The van der Waals surface area contributed by atoms with Gasteiger partial charge in [-0.15, -0.1) is 0 Å². The number of hydrogen-bond acceptors (Lipinski definition) is 2. The summed E-state index contributed by atoms with van der Waals surface area (Å²) in [7, 11) is 4.07. The van der Waals surface area contributed by atoms with Crippen LogP contribution in [0.25, 0.3) is 0 Å². The van der Waals surface area contributed by atoms with E-state index in [1.807, 2.05) is 50.5 Å². The zero-order valence-electron chi connectivity index (χ0n) is 13.6. The minimum Gasteiger partial charge on any atom is -0.361 e. The van der Waals surface area contributed by atoms with Crippen molar-refractivity contribution in [1.82, 2.24) is 10.2 Å². The lowest BCUT2D eigenvalue weighted by Crippen LogP contribution is -2.36. The quantitative estimate of drug-likeness (QED) is 0.791. The van der Waals surface area contributed by atoms with Gasteiger partial charge in [-0.05, 0) is 57.0 Å². The van der Waals surface area contributed by atoms with Gasteiger partial charge in [-0.1, -0.05) is 47.5 Å². The van der Waals surface area contributed by atoms with E-state index in [1.165, 1.54) is 5.56 Å². The van der Waals surface area contributed by atoms with Gasteiger partial charge in [0.2, 0.25) is 0 Å². The van der Waals surface area contributed by atoms with Crippen LogP contribution >= 0.6 is 23.8 Å². The lowest BCUT2D eigenvalue weighted by molar-refractivity contribution is 0.299. The van der Waals surface area contributed by atoms with Crippen molar-refractivity contribution in [1.29, 1.82) is 0 Å². The van der Waals surface area contributed by atoms with Crippen molar-refractivity contribution >= 4 is 34.6 Å². The molecule has 0 spiro atoms. The lowest BCUT2D eigenvalue weighted by atomic mass is 10.1. The molecule has 0 bridgehead atoms. The molecule has 0 fully saturated rings. The minimum atomic E-state index is 0.140. The summed E-state index contributed by atoms with van der Waals surface area (Å²) < 4.78 is 0. The van der Waals surface area contributed by atoms with Crippen molar-refractivity contribution in [3.8, 4) is 0 Å². The summed E-state index contributed by atoms with van der Waals surface area (Å²) in [4.78, 5) is 2.13. The van der Waals surface area contributed by atoms with E-state index in [0.717, 1.165) is 16.3 Å². The molecule has 122 valence electrons. The third-order valence-corrected chi connectivity index (χ3v) is 4.24. The molecule has 0 radical (unpaired) electrons. The summed E-state index contributed by atoms with van der Waals surface area (Å²) in [5.41, 5.74) is 3.29. The molecule has 2 aromatic carbocycles. The summed E-state index contributed by atoms with van der Waals surface area (Å²) in [6.45, 7) is 2.74. The molecule has 0 amide bonds. The van der Waals surface area contributed by atoms with E-state index in [2.05, 4.69) is 34.6 Å². The second-order valence-electron chi connectivity index (χ2n) is 5.70. The molecule has 0 aliphatic rings. The van der Waals surface area contributed by atoms with Gasteiger partial charge in [0.05, 0.1) is 6.04 Å². The molecule has 2 rings (SSSR count). The molecule has 0 aliphatic heterocycles. The Kier molecular flexibility index (Phi) is 6.39. The van der Waals surface area contributed by atoms with Crippen molar-refractivity contribution in [2.45, 2.75) is 13.0 Å². The van der Waals surface area contributed by atoms with E-state index >= 15 is 0 Å². The zero-order chi connectivity index (χ0) is 16.8. The maximum Gasteiger partial charge on any atom is 0.170 e. The Morgan fingerprint density at radius 2 is 1.78 bits per heavy atom. The standard InChI is InChI=1S/C18H22ClN3S/c1-13-8-10-14(11-9-13)21-18(23)20-12-17(22(2)3)15-6-4-5-7-16(15)19/h4-11,17H,12H2,1-3H3,(H2,20,21,23)/t17-/m1/s1. The topological polar surface area (TPSA) is 27.3 Å². The molecule has 23 heavy (non-hydrogen) atoms. The van der Waals surface area contributed by atoms with Gasteiger partial charge in [0.25, 0.3) is 0 Å². The first kappa shape index (κ1) is 17.7. The lowest BCUT2D eigenvalue weighted by Gasteiger charge is -2.26. The van der Waals surface area contributed by atoms with Crippen LogP contribution in [0.15, 0.2) is 48.5 Å². The van der Waals surface area contributed by atoms with Gasteiger partial charge in [-0.2, -0.15) is 0 Å². The molecule has 0 aromatic heterocycles. The highest BCUT2D eigenvalue weighted by Crippen LogP contribution is 2.25. The normalized spacial score (nSPS) is 12.0. The average Bonchev–Trinajstić information content (AvgIpc) is 2.51. The van der Waals surface area contributed by atoms with E-state index in [4.69, 9.17) is 23.8 Å². The molecule has 0 heterocycles. The maximum atomic E-state index is 6.32. The highest BCUT2D eigenvalue weighted by molar-refractivity contribution is 7.80. The summed E-state index contributed by atoms with van der Waals surface area (Å²) in [5.74, 6) is 0. The molecule has 0 aliphatic carbocycles. The Bertz CT molecular complexity index is 656. The predicted octanol–water partition coefficient (Wildman–Crippen LogP) is 4.24. The fourth-order valence-electron chi connectivity index (χ4n) is 2.32. The molecule has 1 atom stereocenters. The first-order valence-corrected chi connectivity index (χ1v) is 8.28. The SMILES string of the molecule is Cc1ccc(NC(=S)NC[C@H](c2ccccc2Cl)N(C)C)cc1. The second kappa shape index (κ2) is 8.29. The third-order valence-electron chi connectivity index (χ3n) is 3.65. The molecule has 2 aromatic rings. The first-order valence-electron chi connectivity index (χ1n) is 7.49. The molecular formula is C18H22ClN3S. The Hall–Kier alpha value is -1.62. The summed E-state index contributed by atoms with van der Waals surface area (Å²) in [5, 5.41) is 7.84. The molecule has 5 heteroatoms. The number of benzene rings is 2. The van der Waals surface area contributed by atoms with E-state index in [0.29, 0.717) is 11.7 Å². The van der Waals surface area contributed by atoms with Gasteiger partial charge >= 0.3 is 0 Å². The van der Waals surface area contributed by atoms with Gasteiger partial charge in [0.1, 0.15) is 0 Å². The number of nitrogens with zero attached hydrogens (tertiary/aromatic N) is 1. The number of nitrogens with one attached hydrogen (secondary N) is 2. The number of thiocarbonyl (C=S) groups is 1. The first-order chi connectivity index (χ1) is 11.0. The number of rotatable bonds is 5. The van der Waals surface area contributed by atoms with E-state index in [-0.39, 0.29) is 6.04 Å².